The molecule has 7 heteroatoms. The van der Waals surface area contributed by atoms with Crippen LogP contribution in [-0.2, 0) is 6.54 Å². The predicted molar refractivity (Wildman–Crippen MR) is 113 cm³/mol. The van der Waals surface area contributed by atoms with Gasteiger partial charge in [0.15, 0.2) is 5.96 Å². The average molecular weight is 462 g/mol. The van der Waals surface area contributed by atoms with Crippen LogP contribution in [0.3, 0.4) is 0 Å². The number of hydrogen-bond acceptors (Lipinski definition) is 4. The molecule has 0 spiro atoms. The third-order valence-corrected chi connectivity index (χ3v) is 4.42. The molecule has 1 aromatic carbocycles. The van der Waals surface area contributed by atoms with Crippen molar-refractivity contribution >= 4 is 29.9 Å². The van der Waals surface area contributed by atoms with Crippen LogP contribution in [0, 0.1) is 0 Å². The Balaban J connectivity index is 0.00000312. The van der Waals surface area contributed by atoms with Gasteiger partial charge < -0.3 is 25.0 Å². The number of likely N-dealkylation sites (N-methyl/N-ethyl adjacent to an activating group) is 1. The van der Waals surface area contributed by atoms with E-state index in [0.29, 0.717) is 12.6 Å². The topological polar surface area (TPSA) is 58.1 Å². The molecule has 1 aliphatic heterocycles. The van der Waals surface area contributed by atoms with Gasteiger partial charge in [-0.1, -0.05) is 0 Å². The van der Waals surface area contributed by atoms with Gasteiger partial charge in [0.1, 0.15) is 11.5 Å². The molecule has 6 nitrogen and oxygen atoms in total. The summed E-state index contributed by atoms with van der Waals surface area (Å²) in [7, 11) is 5.51. The number of ether oxygens (including phenoxy) is 2. The standard InChI is InChI=1S/C18H30N4O2.HI/c1-5-19-18(21-13-15-7-6-10-22(15)2)20-12-14-8-9-16(23-3)11-17(14)24-4;/h8-9,11,15H,5-7,10,12-13H2,1-4H3,(H2,19,20,21);1H. The molecule has 1 saturated heterocycles. The highest BCUT2D eigenvalue weighted by Crippen LogP contribution is 2.25. The van der Waals surface area contributed by atoms with Crippen molar-refractivity contribution < 1.29 is 9.47 Å². The van der Waals surface area contributed by atoms with Gasteiger partial charge in [-0.3, -0.25) is 0 Å². The SMILES string of the molecule is CCNC(=NCc1ccc(OC)cc1OC)NCC1CCCN1C.I. The fraction of sp³-hybridized carbons (Fsp3) is 0.611. The molecule has 1 heterocycles. The Morgan fingerprint density at radius 3 is 2.68 bits per heavy atom. The predicted octanol–water partition coefficient (Wildman–Crippen LogP) is 2.47. The van der Waals surface area contributed by atoms with E-state index in [1.54, 1.807) is 14.2 Å². The summed E-state index contributed by atoms with van der Waals surface area (Å²) in [5.74, 6) is 2.43. The molecule has 2 rings (SSSR count). The van der Waals surface area contributed by atoms with E-state index in [4.69, 9.17) is 9.47 Å². The highest BCUT2D eigenvalue weighted by Gasteiger charge is 2.20. The van der Waals surface area contributed by atoms with Crippen molar-refractivity contribution in [3.05, 3.63) is 23.8 Å². The molecule has 25 heavy (non-hydrogen) atoms. The Labute approximate surface area is 168 Å². The second-order valence-corrected chi connectivity index (χ2v) is 6.03. The number of guanidine groups is 1. The summed E-state index contributed by atoms with van der Waals surface area (Å²) in [6.07, 6.45) is 2.52. The molecule has 0 saturated carbocycles. The van der Waals surface area contributed by atoms with Crippen LogP contribution in [0.1, 0.15) is 25.3 Å². The maximum atomic E-state index is 5.44. The Morgan fingerprint density at radius 2 is 2.08 bits per heavy atom. The number of aliphatic imine (C=N–C) groups is 1. The fourth-order valence-electron chi connectivity index (χ4n) is 2.94. The van der Waals surface area contributed by atoms with Crippen LogP contribution in [0.4, 0.5) is 0 Å². The second kappa shape index (κ2) is 11.4. The van der Waals surface area contributed by atoms with Gasteiger partial charge in [0.25, 0.3) is 0 Å². The van der Waals surface area contributed by atoms with Crippen LogP contribution in [0.2, 0.25) is 0 Å². The summed E-state index contributed by atoms with van der Waals surface area (Å²) >= 11 is 0. The summed E-state index contributed by atoms with van der Waals surface area (Å²) in [6.45, 7) is 5.58. The van der Waals surface area contributed by atoms with Crippen molar-refractivity contribution in [3.8, 4) is 11.5 Å². The first-order valence-corrected chi connectivity index (χ1v) is 8.61. The molecule has 0 bridgehead atoms. The smallest absolute Gasteiger partial charge is 0.191 e. The first-order valence-electron chi connectivity index (χ1n) is 8.61. The number of nitrogens with one attached hydrogen (secondary N) is 2. The molecule has 1 fully saturated rings. The normalized spacial score (nSPS) is 17.8. The Bertz CT molecular complexity index is 554. The van der Waals surface area contributed by atoms with E-state index in [1.165, 1.54) is 19.4 Å². The van der Waals surface area contributed by atoms with Gasteiger partial charge >= 0.3 is 0 Å². The van der Waals surface area contributed by atoms with Crippen molar-refractivity contribution in [2.45, 2.75) is 32.4 Å². The number of nitrogens with zero attached hydrogens (tertiary/aromatic N) is 2. The second-order valence-electron chi connectivity index (χ2n) is 6.03. The molecule has 0 aliphatic carbocycles. The third kappa shape index (κ3) is 6.54. The quantitative estimate of drug-likeness (QED) is 0.371. The summed E-state index contributed by atoms with van der Waals surface area (Å²) in [5, 5.41) is 6.76. The highest BCUT2D eigenvalue weighted by molar-refractivity contribution is 14.0. The van der Waals surface area contributed by atoms with Crippen molar-refractivity contribution in [2.24, 2.45) is 4.99 Å². The minimum absolute atomic E-state index is 0. The first kappa shape index (κ1) is 21.8. The molecule has 0 aromatic heterocycles. The van der Waals surface area contributed by atoms with Gasteiger partial charge in [-0.2, -0.15) is 0 Å². The monoisotopic (exact) mass is 462 g/mol. The van der Waals surface area contributed by atoms with E-state index in [0.717, 1.165) is 36.1 Å². The van der Waals surface area contributed by atoms with Crippen molar-refractivity contribution in [2.75, 3.05) is 40.9 Å². The lowest BCUT2D eigenvalue weighted by Gasteiger charge is -2.21. The zero-order valence-corrected chi connectivity index (χ0v) is 18.0. The van der Waals surface area contributed by atoms with E-state index in [2.05, 4.69) is 34.5 Å². The Morgan fingerprint density at radius 1 is 1.28 bits per heavy atom. The lowest BCUT2D eigenvalue weighted by molar-refractivity contribution is 0.309. The van der Waals surface area contributed by atoms with Crippen molar-refractivity contribution in [1.29, 1.82) is 0 Å². The third-order valence-electron chi connectivity index (χ3n) is 4.42. The van der Waals surface area contributed by atoms with E-state index in [1.807, 2.05) is 18.2 Å². The number of hydrogen-bond donors (Lipinski definition) is 2. The number of likely N-dealkylation sites (tertiary alicyclic amines) is 1. The zero-order valence-electron chi connectivity index (χ0n) is 15.7. The van der Waals surface area contributed by atoms with Crippen molar-refractivity contribution in [1.82, 2.24) is 15.5 Å². The number of benzene rings is 1. The van der Waals surface area contributed by atoms with Crippen LogP contribution in [-0.4, -0.2) is 57.8 Å². The molecular formula is C18H31IN4O2. The van der Waals surface area contributed by atoms with Gasteiger partial charge in [0, 0.05) is 30.8 Å². The molecule has 1 aromatic rings. The molecule has 1 atom stereocenters. The van der Waals surface area contributed by atoms with E-state index >= 15 is 0 Å². The van der Waals surface area contributed by atoms with Gasteiger partial charge in [-0.15, -0.1) is 24.0 Å². The van der Waals surface area contributed by atoms with Gasteiger partial charge in [-0.05, 0) is 45.5 Å². The average Bonchev–Trinajstić information content (AvgIpc) is 3.02. The van der Waals surface area contributed by atoms with Crippen LogP contribution in [0.15, 0.2) is 23.2 Å². The van der Waals surface area contributed by atoms with Crippen LogP contribution >= 0.6 is 24.0 Å². The maximum absolute atomic E-state index is 5.44. The Hall–Kier alpha value is -1.22. The molecule has 1 aliphatic rings. The highest BCUT2D eigenvalue weighted by atomic mass is 127. The molecule has 1 unspecified atom stereocenters. The molecule has 142 valence electrons. The fourth-order valence-corrected chi connectivity index (χ4v) is 2.94. The van der Waals surface area contributed by atoms with Crippen LogP contribution < -0.4 is 20.1 Å². The Kier molecular flexibility index (Phi) is 9.96. The molecular weight excluding hydrogens is 431 g/mol. The summed E-state index contributed by atoms with van der Waals surface area (Å²) in [5.41, 5.74) is 1.04. The number of halogens is 1. The zero-order chi connectivity index (χ0) is 17.4. The van der Waals surface area contributed by atoms with E-state index in [-0.39, 0.29) is 24.0 Å². The first-order chi connectivity index (χ1) is 11.7. The maximum Gasteiger partial charge on any atom is 0.191 e. The molecule has 0 radical (unpaired) electrons. The largest absolute Gasteiger partial charge is 0.497 e. The lowest BCUT2D eigenvalue weighted by atomic mass is 10.2. The minimum Gasteiger partial charge on any atom is -0.497 e. The summed E-state index contributed by atoms with van der Waals surface area (Å²) in [6, 6.07) is 6.40. The van der Waals surface area contributed by atoms with Gasteiger partial charge in [0.05, 0.1) is 20.8 Å². The lowest BCUT2D eigenvalue weighted by Crippen LogP contribution is -2.44. The molecule has 0 amide bonds. The van der Waals surface area contributed by atoms with Gasteiger partial charge in [0.2, 0.25) is 0 Å². The minimum atomic E-state index is 0. The summed E-state index contributed by atoms with van der Waals surface area (Å²) in [4.78, 5) is 7.09. The van der Waals surface area contributed by atoms with Crippen LogP contribution in [0.5, 0.6) is 11.5 Å². The van der Waals surface area contributed by atoms with Crippen LogP contribution in [0.25, 0.3) is 0 Å². The van der Waals surface area contributed by atoms with Gasteiger partial charge in [-0.25, -0.2) is 4.99 Å². The van der Waals surface area contributed by atoms with E-state index in [9.17, 15) is 0 Å². The number of methoxy groups -OCH3 is 2. The molecule has 2 N–H and O–H groups in total. The number of rotatable bonds is 7. The van der Waals surface area contributed by atoms with Crippen molar-refractivity contribution in [3.63, 3.8) is 0 Å². The van der Waals surface area contributed by atoms with E-state index < -0.39 is 0 Å². The summed E-state index contributed by atoms with van der Waals surface area (Å²) < 4.78 is 10.7.